The third-order valence-corrected chi connectivity index (χ3v) is 3.38. The van der Waals surface area contributed by atoms with Gasteiger partial charge >= 0.3 is 0 Å². The van der Waals surface area contributed by atoms with Crippen molar-refractivity contribution in [3.63, 3.8) is 0 Å². The fourth-order valence-electron chi connectivity index (χ4n) is 1.97. The van der Waals surface area contributed by atoms with E-state index in [1.54, 1.807) is 0 Å². The van der Waals surface area contributed by atoms with Crippen molar-refractivity contribution in [2.45, 2.75) is 38.8 Å². The van der Waals surface area contributed by atoms with Gasteiger partial charge in [0.1, 0.15) is 12.4 Å². The zero-order chi connectivity index (χ0) is 14.4. The Morgan fingerprint density at radius 1 is 1.25 bits per heavy atom. The maximum Gasteiger partial charge on any atom is 0.119 e. The quantitative estimate of drug-likeness (QED) is 0.844. The molecular weight excluding hydrogens is 250 g/mol. The second-order valence-corrected chi connectivity index (χ2v) is 5.13. The van der Waals surface area contributed by atoms with E-state index in [9.17, 15) is 0 Å². The molecule has 0 aliphatic rings. The fraction of sp³-hybridized carbons (Fsp3) is 0.438. The van der Waals surface area contributed by atoms with Gasteiger partial charge in [0.15, 0.2) is 0 Å². The van der Waals surface area contributed by atoms with E-state index in [2.05, 4.69) is 18.9 Å². The SMILES string of the molecule is CCC(C)n1ccc(CC(N)COc2ccccc2)n1. The minimum atomic E-state index is -0.0458. The summed E-state index contributed by atoms with van der Waals surface area (Å²) in [6.07, 6.45) is 3.83. The summed E-state index contributed by atoms with van der Waals surface area (Å²) in [5, 5.41) is 4.56. The van der Waals surface area contributed by atoms with Crippen molar-refractivity contribution in [2.24, 2.45) is 5.73 Å². The molecular formula is C16H23N3O. The fourth-order valence-corrected chi connectivity index (χ4v) is 1.97. The Bertz CT molecular complexity index is 509. The molecule has 20 heavy (non-hydrogen) atoms. The second kappa shape index (κ2) is 7.10. The molecule has 0 aliphatic carbocycles. The van der Waals surface area contributed by atoms with Crippen molar-refractivity contribution in [1.82, 2.24) is 9.78 Å². The Balaban J connectivity index is 1.82. The lowest BCUT2D eigenvalue weighted by molar-refractivity contribution is 0.286. The maximum atomic E-state index is 6.10. The summed E-state index contributed by atoms with van der Waals surface area (Å²) < 4.78 is 7.66. The van der Waals surface area contributed by atoms with Gasteiger partial charge in [-0.3, -0.25) is 4.68 Å². The first-order chi connectivity index (χ1) is 9.69. The van der Waals surface area contributed by atoms with Gasteiger partial charge in [0, 0.05) is 24.7 Å². The predicted octanol–water partition coefficient (Wildman–Crippen LogP) is 2.80. The molecule has 0 radical (unpaired) electrons. The van der Waals surface area contributed by atoms with Gasteiger partial charge < -0.3 is 10.5 Å². The molecule has 0 bridgehead atoms. The lowest BCUT2D eigenvalue weighted by Crippen LogP contribution is -2.30. The molecule has 2 rings (SSSR count). The van der Waals surface area contributed by atoms with Crippen LogP contribution in [0.25, 0.3) is 0 Å². The van der Waals surface area contributed by atoms with E-state index in [-0.39, 0.29) is 6.04 Å². The van der Waals surface area contributed by atoms with E-state index in [1.165, 1.54) is 0 Å². The summed E-state index contributed by atoms with van der Waals surface area (Å²) in [4.78, 5) is 0. The molecule has 2 atom stereocenters. The van der Waals surface area contributed by atoms with Crippen LogP contribution in [0, 0.1) is 0 Å². The molecule has 1 heterocycles. The number of hydrogen-bond donors (Lipinski definition) is 1. The molecule has 0 spiro atoms. The van der Waals surface area contributed by atoms with E-state index >= 15 is 0 Å². The molecule has 0 aliphatic heterocycles. The van der Waals surface area contributed by atoms with Crippen molar-refractivity contribution < 1.29 is 4.74 Å². The van der Waals surface area contributed by atoms with Gasteiger partial charge in [-0.2, -0.15) is 5.10 Å². The van der Waals surface area contributed by atoms with Crippen LogP contribution in [0.4, 0.5) is 0 Å². The van der Waals surface area contributed by atoms with Crippen LogP contribution in [0.1, 0.15) is 32.0 Å². The number of rotatable bonds is 7. The molecule has 2 unspecified atom stereocenters. The highest BCUT2D eigenvalue weighted by Gasteiger charge is 2.09. The highest BCUT2D eigenvalue weighted by atomic mass is 16.5. The summed E-state index contributed by atoms with van der Waals surface area (Å²) in [5.41, 5.74) is 7.12. The first-order valence-corrected chi connectivity index (χ1v) is 7.16. The second-order valence-electron chi connectivity index (χ2n) is 5.13. The number of benzene rings is 1. The van der Waals surface area contributed by atoms with Gasteiger partial charge in [-0.05, 0) is 31.5 Å². The van der Waals surface area contributed by atoms with E-state index in [0.717, 1.165) is 24.3 Å². The third kappa shape index (κ3) is 4.10. The normalized spacial score (nSPS) is 13.9. The molecule has 0 amide bonds. The topological polar surface area (TPSA) is 53.1 Å². The Morgan fingerprint density at radius 3 is 2.70 bits per heavy atom. The number of aromatic nitrogens is 2. The van der Waals surface area contributed by atoms with E-state index in [0.29, 0.717) is 12.6 Å². The average molecular weight is 273 g/mol. The van der Waals surface area contributed by atoms with Crippen molar-refractivity contribution in [3.8, 4) is 5.75 Å². The lowest BCUT2D eigenvalue weighted by atomic mass is 10.2. The summed E-state index contributed by atoms with van der Waals surface area (Å²) in [7, 11) is 0. The van der Waals surface area contributed by atoms with Gasteiger partial charge in [0.25, 0.3) is 0 Å². The minimum Gasteiger partial charge on any atom is -0.492 e. The Kier molecular flexibility index (Phi) is 5.18. The van der Waals surface area contributed by atoms with Crippen LogP contribution in [0.2, 0.25) is 0 Å². The number of hydrogen-bond acceptors (Lipinski definition) is 3. The smallest absolute Gasteiger partial charge is 0.119 e. The summed E-state index contributed by atoms with van der Waals surface area (Å²) in [6, 6.07) is 12.2. The molecule has 0 saturated heterocycles. The first kappa shape index (κ1) is 14.6. The summed E-state index contributed by atoms with van der Waals surface area (Å²) >= 11 is 0. The van der Waals surface area contributed by atoms with Crippen molar-refractivity contribution in [3.05, 3.63) is 48.3 Å². The van der Waals surface area contributed by atoms with E-state index in [4.69, 9.17) is 10.5 Å². The van der Waals surface area contributed by atoms with Crippen LogP contribution >= 0.6 is 0 Å². The monoisotopic (exact) mass is 273 g/mol. The number of ether oxygens (including phenoxy) is 1. The van der Waals surface area contributed by atoms with Gasteiger partial charge in [-0.1, -0.05) is 25.1 Å². The highest BCUT2D eigenvalue weighted by molar-refractivity contribution is 5.21. The Hall–Kier alpha value is -1.81. The molecule has 4 nitrogen and oxygen atoms in total. The van der Waals surface area contributed by atoms with Gasteiger partial charge in [-0.15, -0.1) is 0 Å². The average Bonchev–Trinajstić information content (AvgIpc) is 2.94. The molecule has 0 fully saturated rings. The Labute approximate surface area is 120 Å². The zero-order valence-electron chi connectivity index (χ0n) is 12.2. The first-order valence-electron chi connectivity index (χ1n) is 7.16. The van der Waals surface area contributed by atoms with Crippen LogP contribution in [0.3, 0.4) is 0 Å². The largest absolute Gasteiger partial charge is 0.492 e. The standard InChI is InChI=1S/C16H23N3O/c1-3-13(2)19-10-9-15(18-19)11-14(17)12-20-16-7-5-4-6-8-16/h4-10,13-14H,3,11-12,17H2,1-2H3. The number of nitrogens with zero attached hydrogens (tertiary/aromatic N) is 2. The summed E-state index contributed by atoms with van der Waals surface area (Å²) in [6.45, 7) is 4.82. The molecule has 4 heteroatoms. The zero-order valence-corrected chi connectivity index (χ0v) is 12.2. The summed E-state index contributed by atoms with van der Waals surface area (Å²) in [5.74, 6) is 0.855. The number of nitrogens with two attached hydrogens (primary N) is 1. The van der Waals surface area contributed by atoms with Crippen LogP contribution in [0.15, 0.2) is 42.6 Å². The van der Waals surface area contributed by atoms with Crippen LogP contribution in [-0.4, -0.2) is 22.4 Å². The van der Waals surface area contributed by atoms with E-state index < -0.39 is 0 Å². The molecule has 1 aromatic carbocycles. The van der Waals surface area contributed by atoms with Crippen LogP contribution in [0.5, 0.6) is 5.75 Å². The van der Waals surface area contributed by atoms with Crippen molar-refractivity contribution >= 4 is 0 Å². The van der Waals surface area contributed by atoms with Crippen molar-refractivity contribution in [2.75, 3.05) is 6.61 Å². The van der Waals surface area contributed by atoms with E-state index in [1.807, 2.05) is 47.3 Å². The molecule has 1 aromatic heterocycles. The molecule has 108 valence electrons. The van der Waals surface area contributed by atoms with Crippen LogP contribution in [-0.2, 0) is 6.42 Å². The predicted molar refractivity (Wildman–Crippen MR) is 80.8 cm³/mol. The van der Waals surface area contributed by atoms with Crippen LogP contribution < -0.4 is 10.5 Å². The molecule has 2 N–H and O–H groups in total. The van der Waals surface area contributed by atoms with Crippen molar-refractivity contribution in [1.29, 1.82) is 0 Å². The highest BCUT2D eigenvalue weighted by Crippen LogP contribution is 2.11. The lowest BCUT2D eigenvalue weighted by Gasteiger charge is -2.12. The van der Waals surface area contributed by atoms with Gasteiger partial charge in [0.2, 0.25) is 0 Å². The molecule has 0 saturated carbocycles. The number of para-hydroxylation sites is 1. The van der Waals surface area contributed by atoms with Gasteiger partial charge in [-0.25, -0.2) is 0 Å². The third-order valence-electron chi connectivity index (χ3n) is 3.38. The minimum absolute atomic E-state index is 0.0458. The Morgan fingerprint density at radius 2 is 2.00 bits per heavy atom. The molecule has 2 aromatic rings. The maximum absolute atomic E-state index is 6.10. The van der Waals surface area contributed by atoms with Gasteiger partial charge in [0.05, 0.1) is 5.69 Å².